The van der Waals surface area contributed by atoms with Crippen molar-refractivity contribution in [3.05, 3.63) is 89.1 Å². The first kappa shape index (κ1) is 74.6. The van der Waals surface area contributed by atoms with Crippen LogP contribution in [0.3, 0.4) is 0 Å². The molecule has 2 aliphatic heterocycles. The number of hydrogen-bond donors (Lipinski definition) is 14. The van der Waals surface area contributed by atoms with E-state index in [2.05, 4.69) is 85.5 Å². The van der Waals surface area contributed by atoms with Crippen molar-refractivity contribution in [1.29, 1.82) is 0 Å². The molecule has 0 aliphatic carbocycles. The highest BCUT2D eigenvalue weighted by atomic mass is 33.1. The largest absolute Gasteiger partial charge is 0.490 e. The average molecular weight is 1460 g/mol. The van der Waals surface area contributed by atoms with Crippen LogP contribution in [-0.2, 0) is 72.7 Å². The molecule has 2 amide bonds. The summed E-state index contributed by atoms with van der Waals surface area (Å²) in [5, 5.41) is 28.2. The van der Waals surface area contributed by atoms with Crippen LogP contribution in [-0.4, -0.2) is 157 Å². The first-order chi connectivity index (χ1) is 42.2. The standard InChI is InChI=1S/C22H27N6O13P3S2.C20H26N5O14P3S2/c23-21-20-14(4-3-8-24-17(30)6-9-45-46-18-5-1-2-7-25-18)11-28(22(20)27-13-26-21)19-10-15(29)16(39-19)12-38-43(34,35)41-44(36,37)40-42(31,32)33;21-19-13(4-3-8-22-16(27)6-9-43-44-17-5-1-2-7-23-17)11-25(20(28)24-19)18-10-14(26)15(37-18)12-36-41(32,33)39-42(34,35)38-40(29,30)31/h1-2,5,7,11,13,15-16,19,29H,6,8-10,12H2,(H,24,30)(H,34,35)(H,36,37)(H2,23,26,27)(H2,31,32,33);1-2,5,7,11,14-15,18,26H,6,8-10,12H2,(H,22,27)(H,32,33)(H,34,35)(H2,21,24,28)(H2,29,30,31)/t15-,16-,19-;14-,15-,18-/m11/s1. The number of hydrogen-bond acceptors (Lipinski definition) is 30. The van der Waals surface area contributed by atoms with Crippen molar-refractivity contribution < 1.29 is 122 Å². The lowest BCUT2D eigenvalue weighted by molar-refractivity contribution is -0.121. The average Bonchev–Trinajstić information content (AvgIpc) is 1.62. The number of nitrogens with one attached hydrogen (secondary N) is 2. The van der Waals surface area contributed by atoms with Crippen molar-refractivity contribution in [2.45, 2.75) is 72.6 Å². The zero-order valence-electron chi connectivity index (χ0n) is 45.4. The molecule has 10 atom stereocenters. The molecular formula is C42H53N11O27P6S4. The summed E-state index contributed by atoms with van der Waals surface area (Å²) in [6, 6.07) is 11.1. The van der Waals surface area contributed by atoms with Crippen LogP contribution in [0.5, 0.6) is 0 Å². The van der Waals surface area contributed by atoms with Gasteiger partial charge in [0.05, 0.1) is 55.0 Å². The molecule has 38 nitrogen and oxygen atoms in total. The number of rotatable bonds is 28. The Kier molecular flexibility index (Phi) is 27.8. The number of anilines is 2. The molecule has 7 rings (SSSR count). The van der Waals surface area contributed by atoms with Gasteiger partial charge in [0.25, 0.3) is 0 Å². The Morgan fingerprint density at radius 2 is 1.08 bits per heavy atom. The van der Waals surface area contributed by atoms with E-state index in [0.29, 0.717) is 22.5 Å². The van der Waals surface area contributed by atoms with Gasteiger partial charge in [0.2, 0.25) is 11.8 Å². The smallest absolute Gasteiger partial charge is 0.390 e. The maximum absolute atomic E-state index is 12.4. The SMILES string of the molecule is Nc1nc(=O)n([C@H]2C[C@@H](O)[C@@H](COP(=O)(O)OP(=O)(O)OP(=O)(O)O)O2)cc1C#CCNC(=O)CCSSc1ccccn1.Nc1ncnc2c1c(C#CCNC(=O)CCSSc1ccccn1)cn2[C@H]1C[C@@H](O)[C@@H](COP(=O)(O)OP(=O)(O)OP(=O)(O)O)O1. The van der Waals surface area contributed by atoms with E-state index in [1.54, 1.807) is 18.5 Å². The fraction of sp³-hybridized carbons (Fsp3) is 0.381. The minimum atomic E-state index is -5.73. The predicted molar refractivity (Wildman–Crippen MR) is 318 cm³/mol. The quantitative estimate of drug-likeness (QED) is 0.0148. The third-order valence-corrected chi connectivity index (χ3v) is 23.0. The summed E-state index contributed by atoms with van der Waals surface area (Å²) in [5.41, 5.74) is 11.8. The van der Waals surface area contributed by atoms with Gasteiger partial charge in [-0.2, -0.15) is 22.2 Å². The molecule has 2 fully saturated rings. The highest BCUT2D eigenvalue weighted by Crippen LogP contribution is 2.67. The number of amides is 2. The van der Waals surface area contributed by atoms with Crippen LogP contribution < -0.4 is 27.8 Å². The molecule has 4 unspecified atom stereocenters. The first-order valence-corrected chi connectivity index (χ1v) is 38.5. The second-order valence-corrected chi connectivity index (χ2v) is 31.3. The molecule has 7 heterocycles. The molecule has 48 heteroatoms. The Morgan fingerprint density at radius 3 is 1.53 bits per heavy atom. The van der Waals surface area contributed by atoms with Crippen LogP contribution in [0.2, 0.25) is 0 Å². The topological polar surface area (TPSA) is 580 Å². The molecule has 492 valence electrons. The van der Waals surface area contributed by atoms with Gasteiger partial charge in [-0.25, -0.2) is 52.1 Å². The Morgan fingerprint density at radius 1 is 0.622 bits per heavy atom. The highest BCUT2D eigenvalue weighted by Gasteiger charge is 2.45. The van der Waals surface area contributed by atoms with Crippen LogP contribution >= 0.6 is 90.1 Å². The molecule has 0 aromatic carbocycles. The molecule has 0 bridgehead atoms. The summed E-state index contributed by atoms with van der Waals surface area (Å²) >= 11 is 0. The molecular weight excluding hydrogens is 1400 g/mol. The fourth-order valence-corrected chi connectivity index (χ4v) is 17.0. The lowest BCUT2D eigenvalue weighted by Crippen LogP contribution is -2.29. The second-order valence-electron chi connectivity index (χ2n) is 17.6. The number of phosphoric acid groups is 6. The lowest BCUT2D eigenvalue weighted by Gasteiger charge is -2.19. The molecule has 90 heavy (non-hydrogen) atoms. The van der Waals surface area contributed by atoms with Crippen molar-refractivity contribution in [3.63, 3.8) is 0 Å². The van der Waals surface area contributed by atoms with Gasteiger partial charge in [-0.1, -0.05) is 57.4 Å². The summed E-state index contributed by atoms with van der Waals surface area (Å²) in [5.74, 6) is 11.7. The molecule has 5 aromatic heterocycles. The Bertz CT molecular complexity index is 3820. The molecule has 5 aromatic rings. The van der Waals surface area contributed by atoms with Crippen LogP contribution in [0.25, 0.3) is 11.0 Å². The normalized spacial score (nSPS) is 21.0. The lowest BCUT2D eigenvalue weighted by atomic mass is 10.2. The molecule has 0 saturated carbocycles. The van der Waals surface area contributed by atoms with Crippen molar-refractivity contribution in [2.24, 2.45) is 0 Å². The maximum Gasteiger partial charge on any atom is 0.490 e. The number of nitrogens with zero attached hydrogens (tertiary/aromatic N) is 7. The monoisotopic (exact) mass is 1460 g/mol. The summed E-state index contributed by atoms with van der Waals surface area (Å²) in [6.45, 7) is -1.76. The number of pyridine rings is 2. The van der Waals surface area contributed by atoms with Gasteiger partial charge in [-0.15, -0.1) is 0 Å². The number of aromatic nitrogens is 7. The highest BCUT2D eigenvalue weighted by molar-refractivity contribution is 8.77. The Balaban J connectivity index is 0.000000287. The molecule has 0 radical (unpaired) electrons. The minimum absolute atomic E-state index is 0.0310. The zero-order chi connectivity index (χ0) is 66.1. The van der Waals surface area contributed by atoms with Crippen LogP contribution in [0.4, 0.5) is 11.6 Å². The Labute approximate surface area is 523 Å². The predicted octanol–water partition coefficient (Wildman–Crippen LogP) is 2.21. The second kappa shape index (κ2) is 33.6. The van der Waals surface area contributed by atoms with E-state index in [0.717, 1.165) is 14.6 Å². The molecule has 16 N–H and O–H groups in total. The van der Waals surface area contributed by atoms with E-state index < -0.39 is 103 Å². The first-order valence-electron chi connectivity index (χ1n) is 24.8. The number of nitrogens with two attached hydrogens (primary N) is 2. The van der Waals surface area contributed by atoms with E-state index in [1.165, 1.54) is 66.5 Å². The summed E-state index contributed by atoms with van der Waals surface area (Å²) in [6.07, 6.45) is 0.108. The van der Waals surface area contributed by atoms with Gasteiger partial charge in [-0.05, 0) is 45.9 Å². The summed E-state index contributed by atoms with van der Waals surface area (Å²) in [7, 11) is -27.6. The third kappa shape index (κ3) is 25.4. The van der Waals surface area contributed by atoms with Crippen molar-refractivity contribution in [2.75, 3.05) is 49.3 Å². The number of aliphatic hydroxyl groups is 2. The number of nitrogen functional groups attached to an aromatic ring is 2. The van der Waals surface area contributed by atoms with Crippen molar-refractivity contribution >= 4 is 125 Å². The minimum Gasteiger partial charge on any atom is -0.390 e. The third-order valence-electron chi connectivity index (χ3n) is 10.9. The maximum atomic E-state index is 12.4. The summed E-state index contributed by atoms with van der Waals surface area (Å²) < 4.78 is 106. The number of phosphoric ester groups is 2. The molecule has 2 aliphatic rings. The van der Waals surface area contributed by atoms with Gasteiger partial charge in [-0.3, -0.25) is 23.2 Å². The number of ether oxygens (including phenoxy) is 2. The van der Waals surface area contributed by atoms with Crippen LogP contribution in [0.1, 0.15) is 49.3 Å². The number of fused-ring (bicyclic) bond motifs is 1. The van der Waals surface area contributed by atoms with E-state index in [4.69, 9.17) is 40.5 Å². The Hall–Kier alpha value is -4.48. The summed E-state index contributed by atoms with van der Waals surface area (Å²) in [4.78, 5) is 129. The zero-order valence-corrected chi connectivity index (χ0v) is 54.0. The van der Waals surface area contributed by atoms with E-state index >= 15 is 0 Å². The van der Waals surface area contributed by atoms with Gasteiger partial charge in [0.1, 0.15) is 58.3 Å². The molecule has 0 spiro atoms. The van der Waals surface area contributed by atoms with Gasteiger partial charge in [0, 0.05) is 62.0 Å². The van der Waals surface area contributed by atoms with Gasteiger partial charge < -0.3 is 85.5 Å². The van der Waals surface area contributed by atoms with Crippen LogP contribution in [0.15, 0.2) is 82.4 Å². The van der Waals surface area contributed by atoms with Crippen molar-refractivity contribution in [3.8, 4) is 23.7 Å². The van der Waals surface area contributed by atoms with E-state index in [-0.39, 0.29) is 73.4 Å². The molecule has 2 saturated heterocycles. The fourth-order valence-electron chi connectivity index (χ4n) is 7.23. The van der Waals surface area contributed by atoms with Crippen molar-refractivity contribution in [1.82, 2.24) is 44.7 Å². The van der Waals surface area contributed by atoms with Gasteiger partial charge >= 0.3 is 52.6 Å². The van der Waals surface area contributed by atoms with Gasteiger partial charge in [0.15, 0.2) is 0 Å². The number of aliphatic hydroxyl groups excluding tert-OH is 2. The van der Waals surface area contributed by atoms with E-state index in [9.17, 15) is 71.6 Å². The van der Waals surface area contributed by atoms with E-state index in [1.807, 2.05) is 30.3 Å². The van der Waals surface area contributed by atoms with Crippen LogP contribution in [0, 0.1) is 23.7 Å². The number of carbonyl (C=O) groups is 2. The number of carbonyl (C=O) groups excluding carboxylic acids is 2.